The van der Waals surface area contributed by atoms with Crippen molar-refractivity contribution in [3.8, 4) is 0 Å². The Balaban J connectivity index is 1.82. The summed E-state index contributed by atoms with van der Waals surface area (Å²) in [5, 5.41) is 0.683. The summed E-state index contributed by atoms with van der Waals surface area (Å²) in [6.45, 7) is 4.48. The third-order valence-electron chi connectivity index (χ3n) is 4.52. The number of hydrogen-bond donors (Lipinski definition) is 0. The van der Waals surface area contributed by atoms with Gasteiger partial charge in [0.2, 0.25) is 0 Å². The molecule has 0 N–H and O–H groups in total. The van der Waals surface area contributed by atoms with Gasteiger partial charge in [-0.1, -0.05) is 51.5 Å². The van der Waals surface area contributed by atoms with Crippen LogP contribution in [0.25, 0.3) is 10.2 Å². The van der Waals surface area contributed by atoms with E-state index in [9.17, 15) is 4.79 Å². The van der Waals surface area contributed by atoms with Crippen LogP contribution < -0.4 is 4.90 Å². The molecule has 2 aromatic carbocycles. The summed E-state index contributed by atoms with van der Waals surface area (Å²) in [5.41, 5.74) is 4.65. The summed E-state index contributed by atoms with van der Waals surface area (Å²) in [4.78, 5) is 24.3. The number of thiazole rings is 1. The molecule has 0 saturated heterocycles. The first kappa shape index (κ1) is 18.8. The van der Waals surface area contributed by atoms with Crippen LogP contribution in [0.3, 0.4) is 0 Å². The molecule has 0 unspecified atom stereocenters. The fourth-order valence-electron chi connectivity index (χ4n) is 3.02. The van der Waals surface area contributed by atoms with Gasteiger partial charge in [-0.25, -0.2) is 4.98 Å². The molecule has 140 valence electrons. The van der Waals surface area contributed by atoms with Crippen LogP contribution in [0.1, 0.15) is 27.2 Å². The average Bonchev–Trinajstić information content (AvgIpc) is 3.16. The predicted octanol–water partition coefficient (Wildman–Crippen LogP) is 5.92. The molecule has 4 rings (SSSR count). The molecule has 0 aliphatic rings. The molecule has 28 heavy (non-hydrogen) atoms. The van der Waals surface area contributed by atoms with Crippen LogP contribution >= 0.6 is 27.3 Å². The minimum Gasteiger partial charge on any atom is -0.278 e. The fourth-order valence-corrected chi connectivity index (χ4v) is 4.53. The Hall–Kier alpha value is -2.57. The molecule has 0 saturated carbocycles. The van der Waals surface area contributed by atoms with Crippen molar-refractivity contribution in [2.45, 2.75) is 20.4 Å². The first-order valence-electron chi connectivity index (χ1n) is 8.87. The van der Waals surface area contributed by atoms with Crippen LogP contribution in [0.2, 0.25) is 0 Å². The molecule has 0 aliphatic heterocycles. The van der Waals surface area contributed by atoms with E-state index in [1.54, 1.807) is 22.4 Å². The molecule has 1 amide bonds. The maximum absolute atomic E-state index is 13.4. The minimum atomic E-state index is -0.0960. The largest absolute Gasteiger partial charge is 0.278 e. The third-order valence-corrected chi connectivity index (χ3v) is 6.23. The second kappa shape index (κ2) is 7.81. The summed E-state index contributed by atoms with van der Waals surface area (Å²) in [6, 6.07) is 17.3. The Labute approximate surface area is 176 Å². The van der Waals surface area contributed by atoms with Crippen molar-refractivity contribution >= 4 is 48.5 Å². The number of carbonyl (C=O) groups is 1. The monoisotopic (exact) mass is 451 g/mol. The lowest BCUT2D eigenvalue weighted by molar-refractivity contribution is 0.0984. The number of anilines is 1. The Morgan fingerprint density at radius 3 is 2.61 bits per heavy atom. The highest BCUT2D eigenvalue weighted by molar-refractivity contribution is 9.10. The summed E-state index contributed by atoms with van der Waals surface area (Å²) in [7, 11) is 0. The molecular formula is C22H18BrN3OS. The molecule has 0 bridgehead atoms. The standard InChI is InChI=1S/C22H18BrN3OS/c1-14-9-10-15(2)20-19(14)25-22(28-20)26(13-18-8-3-4-11-24-18)21(27)16-6-5-7-17(23)12-16/h3-12H,13H2,1-2H3. The highest BCUT2D eigenvalue weighted by Gasteiger charge is 2.23. The Kier molecular flexibility index (Phi) is 5.24. The van der Waals surface area contributed by atoms with E-state index in [2.05, 4.69) is 40.0 Å². The van der Waals surface area contributed by atoms with E-state index in [0.717, 1.165) is 31.5 Å². The second-order valence-corrected chi connectivity index (χ2v) is 8.49. The summed E-state index contributed by atoms with van der Waals surface area (Å²) in [5.74, 6) is -0.0960. The zero-order valence-electron chi connectivity index (χ0n) is 15.5. The van der Waals surface area contributed by atoms with Crippen molar-refractivity contribution in [2.75, 3.05) is 4.90 Å². The summed E-state index contributed by atoms with van der Waals surface area (Å²) in [6.07, 6.45) is 1.74. The number of halogens is 1. The molecule has 4 nitrogen and oxygen atoms in total. The molecule has 4 aromatic rings. The van der Waals surface area contributed by atoms with E-state index in [4.69, 9.17) is 4.98 Å². The van der Waals surface area contributed by atoms with Gasteiger partial charge in [0, 0.05) is 16.2 Å². The molecule has 0 radical (unpaired) electrons. The lowest BCUT2D eigenvalue weighted by atomic mass is 10.1. The molecule has 6 heteroatoms. The predicted molar refractivity (Wildman–Crippen MR) is 118 cm³/mol. The number of fused-ring (bicyclic) bond motifs is 1. The van der Waals surface area contributed by atoms with E-state index in [-0.39, 0.29) is 5.91 Å². The van der Waals surface area contributed by atoms with Crippen molar-refractivity contribution in [1.29, 1.82) is 0 Å². The maximum atomic E-state index is 13.4. The smallest absolute Gasteiger partial charge is 0.260 e. The Morgan fingerprint density at radius 2 is 1.89 bits per heavy atom. The number of aromatic nitrogens is 2. The van der Waals surface area contributed by atoms with Gasteiger partial charge in [-0.2, -0.15) is 0 Å². The third kappa shape index (κ3) is 3.70. The minimum absolute atomic E-state index is 0.0960. The number of aryl methyl sites for hydroxylation is 2. The zero-order chi connectivity index (χ0) is 19.7. The van der Waals surface area contributed by atoms with Gasteiger partial charge < -0.3 is 0 Å². The molecule has 2 aromatic heterocycles. The maximum Gasteiger partial charge on any atom is 0.260 e. The lowest BCUT2D eigenvalue weighted by Crippen LogP contribution is -2.30. The van der Waals surface area contributed by atoms with Crippen LogP contribution in [-0.2, 0) is 6.54 Å². The summed E-state index contributed by atoms with van der Waals surface area (Å²) >= 11 is 5.00. The summed E-state index contributed by atoms with van der Waals surface area (Å²) < 4.78 is 1.98. The van der Waals surface area contributed by atoms with Crippen molar-refractivity contribution in [3.63, 3.8) is 0 Å². The molecule has 0 spiro atoms. The quantitative estimate of drug-likeness (QED) is 0.386. The molecule has 0 fully saturated rings. The second-order valence-electron chi connectivity index (χ2n) is 6.60. The number of benzene rings is 2. The Bertz CT molecular complexity index is 1120. The van der Waals surface area contributed by atoms with Crippen LogP contribution in [0, 0.1) is 13.8 Å². The van der Waals surface area contributed by atoms with E-state index >= 15 is 0 Å². The number of amides is 1. The van der Waals surface area contributed by atoms with Gasteiger partial charge in [-0.05, 0) is 55.3 Å². The van der Waals surface area contributed by atoms with Crippen molar-refractivity contribution in [3.05, 3.63) is 87.7 Å². The van der Waals surface area contributed by atoms with Crippen LogP contribution in [-0.4, -0.2) is 15.9 Å². The fraction of sp³-hybridized carbons (Fsp3) is 0.136. The first-order chi connectivity index (χ1) is 13.5. The van der Waals surface area contributed by atoms with Gasteiger partial charge in [-0.3, -0.25) is 14.7 Å². The van der Waals surface area contributed by atoms with E-state index in [1.807, 2.05) is 49.4 Å². The van der Waals surface area contributed by atoms with Crippen molar-refractivity contribution < 1.29 is 4.79 Å². The first-order valence-corrected chi connectivity index (χ1v) is 10.5. The topological polar surface area (TPSA) is 46.1 Å². The molecule has 2 heterocycles. The van der Waals surface area contributed by atoms with Gasteiger partial charge in [0.05, 0.1) is 22.5 Å². The van der Waals surface area contributed by atoms with Crippen LogP contribution in [0.5, 0.6) is 0 Å². The Morgan fingerprint density at radius 1 is 1.07 bits per heavy atom. The average molecular weight is 452 g/mol. The van der Waals surface area contributed by atoms with Crippen molar-refractivity contribution in [1.82, 2.24) is 9.97 Å². The molecule has 0 atom stereocenters. The van der Waals surface area contributed by atoms with E-state index in [1.165, 1.54) is 0 Å². The highest BCUT2D eigenvalue weighted by Crippen LogP contribution is 2.34. The number of hydrogen-bond acceptors (Lipinski definition) is 4. The highest BCUT2D eigenvalue weighted by atomic mass is 79.9. The number of rotatable bonds is 4. The van der Waals surface area contributed by atoms with Gasteiger partial charge in [0.1, 0.15) is 0 Å². The SMILES string of the molecule is Cc1ccc(C)c2sc(N(Cc3ccccn3)C(=O)c3cccc(Br)c3)nc12. The normalized spacial score (nSPS) is 11.0. The van der Waals surface area contributed by atoms with Crippen LogP contribution in [0.4, 0.5) is 5.13 Å². The van der Waals surface area contributed by atoms with E-state index in [0.29, 0.717) is 17.2 Å². The zero-order valence-corrected chi connectivity index (χ0v) is 17.9. The van der Waals surface area contributed by atoms with Gasteiger partial charge in [0.25, 0.3) is 5.91 Å². The van der Waals surface area contributed by atoms with Crippen LogP contribution in [0.15, 0.2) is 65.3 Å². The number of carbonyl (C=O) groups excluding carboxylic acids is 1. The van der Waals surface area contributed by atoms with Crippen molar-refractivity contribution in [2.24, 2.45) is 0 Å². The molecule has 0 aliphatic carbocycles. The number of pyridine rings is 1. The molecular weight excluding hydrogens is 434 g/mol. The van der Waals surface area contributed by atoms with Gasteiger partial charge >= 0.3 is 0 Å². The lowest BCUT2D eigenvalue weighted by Gasteiger charge is -2.19. The van der Waals surface area contributed by atoms with E-state index < -0.39 is 0 Å². The number of nitrogens with zero attached hydrogens (tertiary/aromatic N) is 3. The van der Waals surface area contributed by atoms with Gasteiger partial charge in [0.15, 0.2) is 5.13 Å². The van der Waals surface area contributed by atoms with Gasteiger partial charge in [-0.15, -0.1) is 0 Å².